The number of carboxylic acids is 1. The summed E-state index contributed by atoms with van der Waals surface area (Å²) in [7, 11) is -7.03. The Morgan fingerprint density at radius 2 is 1.84 bits per heavy atom. The molecule has 0 spiro atoms. The molecule has 1 N–H and O–H groups in total. The normalized spacial score (nSPS) is 12.5. The van der Waals surface area contributed by atoms with E-state index < -0.39 is 42.9 Å². The molecule has 0 atom stereocenters. The molecule has 1 heterocycles. The van der Waals surface area contributed by atoms with Gasteiger partial charge >= 0.3 is 5.97 Å². The topological polar surface area (TPSA) is 119 Å². The highest BCUT2D eigenvalue weighted by Crippen LogP contribution is 2.17. The number of sulfone groups is 2. The number of rotatable bonds is 6. The van der Waals surface area contributed by atoms with Crippen LogP contribution >= 0.6 is 0 Å². The Bertz CT molecular complexity index is 679. The van der Waals surface area contributed by atoms with E-state index >= 15 is 0 Å². The van der Waals surface area contributed by atoms with E-state index in [0.717, 1.165) is 12.3 Å². The molecular weight excluding hydrogens is 296 g/mol. The van der Waals surface area contributed by atoms with Gasteiger partial charge in [-0.3, -0.25) is 0 Å². The monoisotopic (exact) mass is 310 g/mol. The Hall–Kier alpha value is -1.35. The molecule has 1 rings (SSSR count). The predicted octanol–water partition coefficient (Wildman–Crippen LogP) is 0.246. The second kappa shape index (κ2) is 5.33. The molecule has 0 aromatic carbocycles. The summed E-state index contributed by atoms with van der Waals surface area (Å²) in [5, 5.41) is 8.80. The van der Waals surface area contributed by atoms with E-state index in [0.29, 0.717) is 0 Å². The van der Waals surface area contributed by atoms with Gasteiger partial charge in [-0.15, -0.1) is 0 Å². The molecule has 9 heteroatoms. The van der Waals surface area contributed by atoms with Gasteiger partial charge < -0.3 is 9.52 Å². The summed E-state index contributed by atoms with van der Waals surface area (Å²) >= 11 is 0. The van der Waals surface area contributed by atoms with Crippen molar-refractivity contribution in [3.8, 4) is 0 Å². The van der Waals surface area contributed by atoms with Gasteiger partial charge in [0.2, 0.25) is 0 Å². The summed E-state index contributed by atoms with van der Waals surface area (Å²) in [5.41, 5.74) is -0.103. The molecule has 108 valence electrons. The molecular formula is C10H14O7S2. The van der Waals surface area contributed by atoms with Crippen LogP contribution in [-0.2, 0) is 25.4 Å². The van der Waals surface area contributed by atoms with Gasteiger partial charge in [0.15, 0.2) is 9.84 Å². The summed E-state index contributed by atoms with van der Waals surface area (Å²) in [4.78, 5) is 10.8. The van der Waals surface area contributed by atoms with E-state index in [1.807, 2.05) is 0 Å². The van der Waals surface area contributed by atoms with Gasteiger partial charge in [-0.05, 0) is 13.0 Å². The Morgan fingerprint density at radius 1 is 1.26 bits per heavy atom. The van der Waals surface area contributed by atoms with Gasteiger partial charge in [-0.1, -0.05) is 0 Å². The highest BCUT2D eigenvalue weighted by Gasteiger charge is 2.20. The Morgan fingerprint density at radius 3 is 2.26 bits per heavy atom. The van der Waals surface area contributed by atoms with Crippen LogP contribution in [0.3, 0.4) is 0 Å². The fraction of sp³-hybridized carbons (Fsp3) is 0.500. The molecule has 0 amide bonds. The molecule has 0 saturated carbocycles. The van der Waals surface area contributed by atoms with Crippen molar-refractivity contribution in [3.63, 3.8) is 0 Å². The number of aromatic carboxylic acids is 1. The Balaban J connectivity index is 2.84. The van der Waals surface area contributed by atoms with Crippen molar-refractivity contribution in [2.75, 3.05) is 17.8 Å². The van der Waals surface area contributed by atoms with Crippen molar-refractivity contribution < 1.29 is 31.2 Å². The van der Waals surface area contributed by atoms with Crippen LogP contribution in [0.5, 0.6) is 0 Å². The molecule has 0 aliphatic rings. The first-order valence-electron chi connectivity index (χ1n) is 5.21. The third-order valence-electron chi connectivity index (χ3n) is 2.33. The van der Waals surface area contributed by atoms with Crippen LogP contribution in [-0.4, -0.2) is 45.7 Å². The van der Waals surface area contributed by atoms with Crippen LogP contribution in [0.4, 0.5) is 0 Å². The summed E-state index contributed by atoms with van der Waals surface area (Å²) in [6, 6.07) is 1.13. The molecule has 19 heavy (non-hydrogen) atoms. The molecule has 1 aromatic rings. The third kappa shape index (κ3) is 5.03. The maximum Gasteiger partial charge on any atom is 0.339 e. The average Bonchev–Trinajstić information content (AvgIpc) is 2.55. The van der Waals surface area contributed by atoms with Gasteiger partial charge in [0.25, 0.3) is 0 Å². The molecule has 0 bridgehead atoms. The molecule has 0 radical (unpaired) electrons. The summed E-state index contributed by atoms with van der Waals surface area (Å²) in [6.07, 6.45) is 0.947. The van der Waals surface area contributed by atoms with E-state index in [2.05, 4.69) is 0 Å². The molecule has 0 saturated heterocycles. The van der Waals surface area contributed by atoms with Gasteiger partial charge in [-0.2, -0.15) is 0 Å². The van der Waals surface area contributed by atoms with E-state index in [-0.39, 0.29) is 17.1 Å². The van der Waals surface area contributed by atoms with Crippen molar-refractivity contribution >= 4 is 25.6 Å². The lowest BCUT2D eigenvalue weighted by molar-refractivity contribution is 0.0695. The van der Waals surface area contributed by atoms with Gasteiger partial charge in [0, 0.05) is 6.26 Å². The summed E-state index contributed by atoms with van der Waals surface area (Å²) in [6.45, 7) is 1.41. The number of carboxylic acid groups (broad SMARTS) is 1. The molecule has 7 nitrogen and oxygen atoms in total. The Kier molecular flexibility index (Phi) is 4.41. The first-order valence-corrected chi connectivity index (χ1v) is 9.09. The maximum absolute atomic E-state index is 11.7. The van der Waals surface area contributed by atoms with E-state index in [1.165, 1.54) is 6.92 Å². The number of carbonyl (C=O) groups is 1. The minimum atomic E-state index is -3.66. The molecule has 0 unspecified atom stereocenters. The van der Waals surface area contributed by atoms with Gasteiger partial charge in [0.1, 0.15) is 32.7 Å². The third-order valence-corrected chi connectivity index (χ3v) is 5.08. The van der Waals surface area contributed by atoms with E-state index in [9.17, 15) is 21.6 Å². The second-order valence-corrected chi connectivity index (χ2v) is 8.65. The first-order chi connectivity index (χ1) is 8.50. The Labute approximate surface area is 111 Å². The lowest BCUT2D eigenvalue weighted by Gasteiger charge is -2.01. The van der Waals surface area contributed by atoms with E-state index in [1.54, 1.807) is 0 Å². The van der Waals surface area contributed by atoms with Crippen molar-refractivity contribution in [3.05, 3.63) is 23.2 Å². The number of aryl methyl sites for hydroxylation is 1. The molecule has 1 aromatic heterocycles. The fourth-order valence-electron chi connectivity index (χ4n) is 1.39. The number of hydrogen-bond donors (Lipinski definition) is 1. The zero-order chi connectivity index (χ0) is 14.8. The smallest absolute Gasteiger partial charge is 0.339 e. The van der Waals surface area contributed by atoms with Crippen LogP contribution in [0, 0.1) is 6.92 Å². The van der Waals surface area contributed by atoms with Gasteiger partial charge in [0.05, 0.1) is 11.5 Å². The number of furan rings is 1. The number of hydrogen-bond acceptors (Lipinski definition) is 6. The van der Waals surface area contributed by atoms with Gasteiger partial charge in [-0.25, -0.2) is 21.6 Å². The lowest BCUT2D eigenvalue weighted by atomic mass is 10.2. The fourth-order valence-corrected chi connectivity index (χ4v) is 4.34. The van der Waals surface area contributed by atoms with Crippen molar-refractivity contribution in [1.82, 2.24) is 0 Å². The second-order valence-electron chi connectivity index (χ2n) is 4.21. The summed E-state index contributed by atoms with van der Waals surface area (Å²) < 4.78 is 50.2. The lowest BCUT2D eigenvalue weighted by Crippen LogP contribution is -2.17. The SMILES string of the molecule is Cc1oc(CS(=O)(=O)CCS(C)(=O)=O)cc1C(=O)O. The minimum absolute atomic E-state index is 0.0107. The zero-order valence-corrected chi connectivity index (χ0v) is 12.0. The maximum atomic E-state index is 11.7. The van der Waals surface area contributed by atoms with Crippen molar-refractivity contribution in [1.29, 1.82) is 0 Å². The molecule has 0 aliphatic carbocycles. The molecule has 0 aliphatic heterocycles. The highest BCUT2D eigenvalue weighted by molar-refractivity contribution is 7.94. The first kappa shape index (κ1) is 15.7. The average molecular weight is 310 g/mol. The van der Waals surface area contributed by atoms with Crippen LogP contribution in [0.1, 0.15) is 21.9 Å². The van der Waals surface area contributed by atoms with E-state index in [4.69, 9.17) is 9.52 Å². The van der Waals surface area contributed by atoms with Crippen molar-refractivity contribution in [2.45, 2.75) is 12.7 Å². The quantitative estimate of drug-likeness (QED) is 0.799. The highest BCUT2D eigenvalue weighted by atomic mass is 32.2. The zero-order valence-electron chi connectivity index (χ0n) is 10.4. The van der Waals surface area contributed by atoms with Crippen LogP contribution in [0.2, 0.25) is 0 Å². The van der Waals surface area contributed by atoms with Crippen LogP contribution in [0.25, 0.3) is 0 Å². The molecule has 0 fully saturated rings. The van der Waals surface area contributed by atoms with Crippen LogP contribution in [0.15, 0.2) is 10.5 Å². The summed E-state index contributed by atoms with van der Waals surface area (Å²) in [5.74, 6) is -2.61. The standard InChI is InChI=1S/C10H14O7S2/c1-7-9(10(11)12)5-8(17-7)6-19(15,16)4-3-18(2,13)14/h5H,3-4,6H2,1-2H3,(H,11,12). The largest absolute Gasteiger partial charge is 0.478 e. The van der Waals surface area contributed by atoms with Crippen LogP contribution < -0.4 is 0 Å². The van der Waals surface area contributed by atoms with Crippen molar-refractivity contribution in [2.24, 2.45) is 0 Å². The minimum Gasteiger partial charge on any atom is -0.478 e. The predicted molar refractivity (Wildman–Crippen MR) is 67.6 cm³/mol.